The molecule has 13 heavy (non-hydrogen) atoms. The van der Waals surface area contributed by atoms with Crippen LogP contribution in [0.5, 0.6) is 0 Å². The second-order valence-corrected chi connectivity index (χ2v) is 2.56. The lowest BCUT2D eigenvalue weighted by atomic mass is 10.6. The van der Waals surface area contributed by atoms with Crippen molar-refractivity contribution in [1.82, 2.24) is 14.7 Å². The van der Waals surface area contributed by atoms with Gasteiger partial charge in [-0.1, -0.05) is 0 Å². The van der Waals surface area contributed by atoms with Crippen molar-refractivity contribution in [2.45, 2.75) is 0 Å². The Morgan fingerprint density at radius 3 is 2.92 bits per heavy atom. The zero-order valence-electron chi connectivity index (χ0n) is 6.26. The molecule has 0 aromatic carbocycles. The summed E-state index contributed by atoms with van der Waals surface area (Å²) in [7, 11) is 0. The van der Waals surface area contributed by atoms with E-state index in [0.717, 1.165) is 0 Å². The third-order valence-corrected chi connectivity index (χ3v) is 1.35. The van der Waals surface area contributed by atoms with E-state index in [-0.39, 0.29) is 5.82 Å². The minimum atomic E-state index is -2.62. The van der Waals surface area contributed by atoms with Gasteiger partial charge in [0.2, 0.25) is 0 Å². The van der Waals surface area contributed by atoms with Gasteiger partial charge in [0.05, 0.1) is 0 Å². The molecular formula is C5H5N4O3S-. The number of nitrogens with zero attached hydrogens (tertiary/aromatic N) is 2. The molecule has 0 fully saturated rings. The fourth-order valence-corrected chi connectivity index (χ4v) is 0.785. The van der Waals surface area contributed by atoms with Gasteiger partial charge in [-0.2, -0.15) is 0 Å². The summed E-state index contributed by atoms with van der Waals surface area (Å²) in [6, 6.07) is 0.555. The molecule has 0 saturated heterocycles. The molecule has 2 N–H and O–H groups in total. The first-order chi connectivity index (χ1) is 6.18. The van der Waals surface area contributed by atoms with Crippen molar-refractivity contribution < 1.29 is 13.6 Å². The first kappa shape index (κ1) is 9.55. The van der Waals surface area contributed by atoms with Gasteiger partial charge in [0.15, 0.2) is 0 Å². The summed E-state index contributed by atoms with van der Waals surface area (Å²) in [6.07, 6.45) is 2.64. The van der Waals surface area contributed by atoms with Crippen molar-refractivity contribution in [1.29, 1.82) is 0 Å². The lowest BCUT2D eigenvalue weighted by Gasteiger charge is -2.07. The molecular weight excluding hydrogens is 196 g/mol. The molecule has 1 aromatic rings. The molecule has 0 spiro atoms. The number of aromatic nitrogens is 2. The molecule has 0 saturated carbocycles. The smallest absolute Gasteiger partial charge is 0.331 e. The van der Waals surface area contributed by atoms with Crippen LogP contribution in [0.15, 0.2) is 18.6 Å². The molecule has 2 amide bonds. The number of nitrogens with one attached hydrogen (secondary N) is 2. The lowest BCUT2D eigenvalue weighted by molar-refractivity contribution is 0.256. The van der Waals surface area contributed by atoms with Crippen LogP contribution in [0.1, 0.15) is 0 Å². The third kappa shape index (κ3) is 3.58. The Kier molecular flexibility index (Phi) is 3.29. The summed E-state index contributed by atoms with van der Waals surface area (Å²) in [4.78, 5) is 18.0. The number of carbonyl (C=O) groups is 1. The van der Waals surface area contributed by atoms with E-state index < -0.39 is 17.3 Å². The molecule has 7 nitrogen and oxygen atoms in total. The van der Waals surface area contributed by atoms with Crippen LogP contribution in [0.25, 0.3) is 0 Å². The van der Waals surface area contributed by atoms with E-state index in [1.165, 1.54) is 18.6 Å². The molecule has 0 radical (unpaired) electrons. The summed E-state index contributed by atoms with van der Waals surface area (Å²) in [5.74, 6) is 0.220. The minimum Gasteiger partial charge on any atom is -0.755 e. The van der Waals surface area contributed by atoms with Crippen molar-refractivity contribution in [3.8, 4) is 0 Å². The predicted molar refractivity (Wildman–Crippen MR) is 43.1 cm³/mol. The molecule has 8 heteroatoms. The van der Waals surface area contributed by atoms with Gasteiger partial charge in [0.25, 0.3) is 0 Å². The molecule has 0 aliphatic carbocycles. The number of anilines is 1. The van der Waals surface area contributed by atoms with E-state index in [4.69, 9.17) is 0 Å². The Balaban J connectivity index is 2.50. The van der Waals surface area contributed by atoms with Gasteiger partial charge < -0.3 is 4.55 Å². The third-order valence-electron chi connectivity index (χ3n) is 1.000. The largest absolute Gasteiger partial charge is 0.755 e. The van der Waals surface area contributed by atoms with Crippen molar-refractivity contribution in [3.05, 3.63) is 18.6 Å². The summed E-state index contributed by atoms with van der Waals surface area (Å²) in [5.41, 5.74) is 0. The first-order valence-corrected chi connectivity index (χ1v) is 4.19. The van der Waals surface area contributed by atoms with Crippen LogP contribution < -0.4 is 10.0 Å². The molecule has 0 aliphatic heterocycles. The SMILES string of the molecule is O=C(Nc1ccncn1)NS(=O)[O-]. The van der Waals surface area contributed by atoms with E-state index in [2.05, 4.69) is 15.3 Å². The minimum absolute atomic E-state index is 0.220. The Morgan fingerprint density at radius 2 is 2.38 bits per heavy atom. The predicted octanol–water partition coefficient (Wildman–Crippen LogP) is -0.608. The highest BCUT2D eigenvalue weighted by molar-refractivity contribution is 7.77. The van der Waals surface area contributed by atoms with E-state index in [9.17, 15) is 13.6 Å². The standard InChI is InChI=1S/C5H6N4O3S/c10-5(9-13(11)12)8-4-1-2-6-3-7-4/h1-3H,(H,11,12)(H2,6,7,8,9,10)/p-1. The van der Waals surface area contributed by atoms with E-state index in [1.807, 2.05) is 0 Å². The van der Waals surface area contributed by atoms with Gasteiger partial charge in [0, 0.05) is 17.5 Å². The maximum Gasteiger partial charge on any atom is 0.331 e. The summed E-state index contributed by atoms with van der Waals surface area (Å²) in [6.45, 7) is 0. The Labute approximate surface area is 76.0 Å². The number of hydrogen-bond donors (Lipinski definition) is 2. The van der Waals surface area contributed by atoms with E-state index >= 15 is 0 Å². The molecule has 70 valence electrons. The number of carbonyl (C=O) groups excluding carboxylic acids is 1. The molecule has 1 aromatic heterocycles. The first-order valence-electron chi connectivity index (χ1n) is 3.11. The fraction of sp³-hybridized carbons (Fsp3) is 0. The fourth-order valence-electron chi connectivity index (χ4n) is 0.582. The van der Waals surface area contributed by atoms with Gasteiger partial charge in [-0.15, -0.1) is 0 Å². The number of rotatable bonds is 2. The highest BCUT2D eigenvalue weighted by atomic mass is 32.2. The number of amides is 2. The quantitative estimate of drug-likeness (QED) is 0.621. The molecule has 1 atom stereocenters. The van der Waals surface area contributed by atoms with Gasteiger partial charge in [0.1, 0.15) is 12.1 Å². The second kappa shape index (κ2) is 4.48. The van der Waals surface area contributed by atoms with Crippen LogP contribution in [0.2, 0.25) is 0 Å². The Hall–Kier alpha value is -1.54. The monoisotopic (exact) mass is 201 g/mol. The van der Waals surface area contributed by atoms with Crippen molar-refractivity contribution in [3.63, 3.8) is 0 Å². The van der Waals surface area contributed by atoms with Crippen LogP contribution in [-0.2, 0) is 11.3 Å². The Bertz CT molecular complexity index is 317. The van der Waals surface area contributed by atoms with Crippen LogP contribution in [-0.4, -0.2) is 24.8 Å². The van der Waals surface area contributed by atoms with Gasteiger partial charge in [-0.05, 0) is 6.07 Å². The van der Waals surface area contributed by atoms with Gasteiger partial charge >= 0.3 is 6.03 Å². The molecule has 0 bridgehead atoms. The van der Waals surface area contributed by atoms with Crippen LogP contribution >= 0.6 is 0 Å². The number of hydrogen-bond acceptors (Lipinski definition) is 5. The van der Waals surface area contributed by atoms with Crippen molar-refractivity contribution in [2.75, 3.05) is 5.32 Å². The van der Waals surface area contributed by atoms with Gasteiger partial charge in [-0.25, -0.2) is 14.8 Å². The number of urea groups is 1. The highest BCUT2D eigenvalue weighted by Crippen LogP contribution is 1.96. The maximum absolute atomic E-state index is 10.7. The zero-order valence-corrected chi connectivity index (χ0v) is 7.08. The molecule has 1 rings (SSSR count). The average molecular weight is 201 g/mol. The summed E-state index contributed by atoms with van der Waals surface area (Å²) < 4.78 is 21.6. The topological polar surface area (TPSA) is 107 Å². The van der Waals surface area contributed by atoms with Gasteiger partial charge in [-0.3, -0.25) is 14.2 Å². The van der Waals surface area contributed by atoms with E-state index in [0.29, 0.717) is 0 Å². The lowest BCUT2D eigenvalue weighted by Crippen LogP contribution is -2.30. The van der Waals surface area contributed by atoms with Crippen molar-refractivity contribution >= 4 is 23.1 Å². The molecule has 1 unspecified atom stereocenters. The van der Waals surface area contributed by atoms with Crippen molar-refractivity contribution in [2.24, 2.45) is 0 Å². The van der Waals surface area contributed by atoms with Crippen LogP contribution in [0.3, 0.4) is 0 Å². The average Bonchev–Trinajstić information content (AvgIpc) is 2.04. The zero-order chi connectivity index (χ0) is 9.68. The van der Waals surface area contributed by atoms with Crippen LogP contribution in [0, 0.1) is 0 Å². The maximum atomic E-state index is 10.7. The summed E-state index contributed by atoms with van der Waals surface area (Å²) >= 11 is -2.62. The summed E-state index contributed by atoms with van der Waals surface area (Å²) in [5, 5.41) is 2.18. The van der Waals surface area contributed by atoms with Crippen LogP contribution in [0.4, 0.5) is 10.6 Å². The molecule has 1 heterocycles. The second-order valence-electron chi connectivity index (χ2n) is 1.89. The Morgan fingerprint density at radius 1 is 1.62 bits per heavy atom. The molecule has 0 aliphatic rings. The van der Waals surface area contributed by atoms with E-state index in [1.54, 1.807) is 4.72 Å². The highest BCUT2D eigenvalue weighted by Gasteiger charge is 2.00. The normalized spacial score (nSPS) is 11.8.